The van der Waals surface area contributed by atoms with Gasteiger partial charge in [0.25, 0.3) is 0 Å². The lowest BCUT2D eigenvalue weighted by molar-refractivity contribution is 0.365. The van der Waals surface area contributed by atoms with Crippen molar-refractivity contribution < 1.29 is 0 Å². The van der Waals surface area contributed by atoms with E-state index in [4.69, 9.17) is 4.99 Å². The standard InChI is InChI=1S/C17H20IN/c1-12-15(18)16(2)9-13(17(12,3)11-16)10-19-14-7-5-4-6-8-14/h4-8,10,13H,9,11H2,1-3H3. The molecular formula is C17H20IN. The molecule has 0 aliphatic heterocycles. The summed E-state index contributed by atoms with van der Waals surface area (Å²) in [6.45, 7) is 7.15. The highest BCUT2D eigenvalue weighted by Gasteiger charge is 2.57. The van der Waals surface area contributed by atoms with Crippen LogP contribution in [-0.2, 0) is 0 Å². The number of rotatable bonds is 2. The molecule has 3 atom stereocenters. The summed E-state index contributed by atoms with van der Waals surface area (Å²) in [4.78, 5) is 4.69. The highest BCUT2D eigenvalue weighted by molar-refractivity contribution is 14.1. The lowest BCUT2D eigenvalue weighted by Gasteiger charge is -2.32. The van der Waals surface area contributed by atoms with E-state index in [-0.39, 0.29) is 0 Å². The number of benzene rings is 1. The molecule has 2 aliphatic rings. The summed E-state index contributed by atoms with van der Waals surface area (Å²) < 4.78 is 1.59. The molecule has 1 aromatic carbocycles. The van der Waals surface area contributed by atoms with E-state index >= 15 is 0 Å². The predicted molar refractivity (Wildman–Crippen MR) is 90.3 cm³/mol. The Morgan fingerprint density at radius 1 is 1.26 bits per heavy atom. The Kier molecular flexibility index (Phi) is 3.12. The Labute approximate surface area is 129 Å². The van der Waals surface area contributed by atoms with Crippen LogP contribution < -0.4 is 0 Å². The van der Waals surface area contributed by atoms with Crippen LogP contribution in [0.4, 0.5) is 5.69 Å². The van der Waals surface area contributed by atoms with Crippen LogP contribution in [0.25, 0.3) is 0 Å². The molecule has 2 heteroatoms. The molecule has 0 radical (unpaired) electrons. The van der Waals surface area contributed by atoms with Crippen LogP contribution in [0.1, 0.15) is 33.6 Å². The zero-order chi connectivity index (χ0) is 13.7. The molecule has 1 fully saturated rings. The molecule has 1 nitrogen and oxygen atoms in total. The average molecular weight is 365 g/mol. The molecule has 1 aromatic rings. The molecule has 0 saturated heterocycles. The molecule has 3 unspecified atom stereocenters. The molecule has 0 N–H and O–H groups in total. The molecule has 0 spiro atoms. The van der Waals surface area contributed by atoms with Gasteiger partial charge < -0.3 is 0 Å². The number of fused-ring (bicyclic) bond motifs is 2. The monoisotopic (exact) mass is 365 g/mol. The van der Waals surface area contributed by atoms with Crippen molar-refractivity contribution in [2.75, 3.05) is 0 Å². The Morgan fingerprint density at radius 3 is 2.53 bits per heavy atom. The largest absolute Gasteiger partial charge is 0.261 e. The van der Waals surface area contributed by atoms with E-state index in [2.05, 4.69) is 61.7 Å². The molecule has 3 rings (SSSR count). The van der Waals surface area contributed by atoms with Crippen molar-refractivity contribution in [2.45, 2.75) is 33.6 Å². The molecule has 0 heterocycles. The normalized spacial score (nSPS) is 37.6. The fraction of sp³-hybridized carbons (Fsp3) is 0.471. The second-order valence-corrected chi connectivity index (χ2v) is 7.60. The SMILES string of the molecule is CC1=C(I)C2(C)CC(C=Nc3ccccc3)C1(C)C2. The molecule has 2 aliphatic carbocycles. The molecule has 100 valence electrons. The predicted octanol–water partition coefficient (Wildman–Crippen LogP) is 5.53. The quantitative estimate of drug-likeness (QED) is 0.482. The van der Waals surface area contributed by atoms with Crippen molar-refractivity contribution in [3.8, 4) is 0 Å². The zero-order valence-electron chi connectivity index (χ0n) is 11.8. The number of para-hydroxylation sites is 1. The van der Waals surface area contributed by atoms with Gasteiger partial charge in [0.15, 0.2) is 0 Å². The van der Waals surface area contributed by atoms with Gasteiger partial charge in [0.2, 0.25) is 0 Å². The minimum Gasteiger partial charge on any atom is -0.261 e. The molecule has 1 saturated carbocycles. The fourth-order valence-electron chi connectivity index (χ4n) is 3.91. The van der Waals surface area contributed by atoms with Crippen molar-refractivity contribution in [2.24, 2.45) is 21.7 Å². The van der Waals surface area contributed by atoms with Crippen molar-refractivity contribution in [1.29, 1.82) is 0 Å². The van der Waals surface area contributed by atoms with Crippen LogP contribution in [0.5, 0.6) is 0 Å². The Morgan fingerprint density at radius 2 is 1.95 bits per heavy atom. The first-order chi connectivity index (χ1) is 8.96. The number of hydrogen-bond donors (Lipinski definition) is 0. The summed E-state index contributed by atoms with van der Waals surface area (Å²) in [7, 11) is 0. The third kappa shape index (κ3) is 1.99. The van der Waals surface area contributed by atoms with Crippen molar-refractivity contribution in [3.63, 3.8) is 0 Å². The minimum absolute atomic E-state index is 0.323. The van der Waals surface area contributed by atoms with Crippen molar-refractivity contribution in [1.82, 2.24) is 0 Å². The fourth-order valence-corrected chi connectivity index (χ4v) is 4.94. The number of allylic oxidation sites excluding steroid dienone is 2. The number of halogens is 1. The topological polar surface area (TPSA) is 12.4 Å². The number of hydrogen-bond acceptors (Lipinski definition) is 1. The van der Waals surface area contributed by atoms with Gasteiger partial charge >= 0.3 is 0 Å². The van der Waals surface area contributed by atoms with Crippen LogP contribution >= 0.6 is 22.6 Å². The van der Waals surface area contributed by atoms with Gasteiger partial charge in [-0.3, -0.25) is 4.99 Å². The number of nitrogens with zero attached hydrogens (tertiary/aromatic N) is 1. The zero-order valence-corrected chi connectivity index (χ0v) is 13.9. The average Bonchev–Trinajstić information content (AvgIpc) is 2.77. The second kappa shape index (κ2) is 4.44. The molecule has 0 aromatic heterocycles. The summed E-state index contributed by atoms with van der Waals surface area (Å²) >= 11 is 2.56. The summed E-state index contributed by atoms with van der Waals surface area (Å²) in [6, 6.07) is 10.3. The molecule has 19 heavy (non-hydrogen) atoms. The van der Waals surface area contributed by atoms with Gasteiger partial charge in [0.05, 0.1) is 5.69 Å². The number of aliphatic imine (C=N–C) groups is 1. The van der Waals surface area contributed by atoms with Gasteiger partial charge in [0, 0.05) is 12.1 Å². The van der Waals surface area contributed by atoms with Crippen LogP contribution in [0.15, 0.2) is 44.5 Å². The summed E-state index contributed by atoms with van der Waals surface area (Å²) in [6.07, 6.45) is 4.73. The second-order valence-electron chi connectivity index (χ2n) is 6.52. The maximum atomic E-state index is 4.69. The van der Waals surface area contributed by atoms with E-state index in [1.54, 1.807) is 9.15 Å². The van der Waals surface area contributed by atoms with Crippen molar-refractivity contribution in [3.05, 3.63) is 39.5 Å². The Hall–Kier alpha value is -0.640. The van der Waals surface area contributed by atoms with Gasteiger partial charge in [0.1, 0.15) is 0 Å². The van der Waals surface area contributed by atoms with Crippen LogP contribution in [0.3, 0.4) is 0 Å². The first-order valence-electron chi connectivity index (χ1n) is 6.92. The Balaban J connectivity index is 1.88. The lowest BCUT2D eigenvalue weighted by Crippen LogP contribution is -2.25. The van der Waals surface area contributed by atoms with E-state index in [1.807, 2.05) is 18.2 Å². The van der Waals surface area contributed by atoms with Crippen LogP contribution in [-0.4, -0.2) is 6.21 Å². The van der Waals surface area contributed by atoms with Gasteiger partial charge in [-0.1, -0.05) is 37.6 Å². The van der Waals surface area contributed by atoms with E-state index in [9.17, 15) is 0 Å². The maximum Gasteiger partial charge on any atom is 0.0625 e. The van der Waals surface area contributed by atoms with Gasteiger partial charge in [-0.05, 0) is 68.9 Å². The summed E-state index contributed by atoms with van der Waals surface area (Å²) in [5.41, 5.74) is 3.37. The van der Waals surface area contributed by atoms with Crippen LogP contribution in [0.2, 0.25) is 0 Å². The summed E-state index contributed by atoms with van der Waals surface area (Å²) in [5.74, 6) is 0.580. The van der Waals surface area contributed by atoms with E-state index in [0.717, 1.165) is 5.69 Å². The Bertz CT molecular complexity index is 560. The van der Waals surface area contributed by atoms with Gasteiger partial charge in [-0.25, -0.2) is 0 Å². The molecule has 0 amide bonds. The summed E-state index contributed by atoms with van der Waals surface area (Å²) in [5, 5.41) is 0. The molecule has 2 bridgehead atoms. The van der Waals surface area contributed by atoms with E-state index in [0.29, 0.717) is 16.7 Å². The third-order valence-electron chi connectivity index (χ3n) is 5.12. The van der Waals surface area contributed by atoms with E-state index < -0.39 is 0 Å². The van der Waals surface area contributed by atoms with Gasteiger partial charge in [-0.15, -0.1) is 0 Å². The maximum absolute atomic E-state index is 4.69. The lowest BCUT2D eigenvalue weighted by atomic mass is 9.75. The van der Waals surface area contributed by atoms with Gasteiger partial charge in [-0.2, -0.15) is 0 Å². The highest BCUT2D eigenvalue weighted by atomic mass is 127. The third-order valence-corrected chi connectivity index (χ3v) is 7.23. The van der Waals surface area contributed by atoms with Crippen molar-refractivity contribution >= 4 is 34.5 Å². The molecular weight excluding hydrogens is 345 g/mol. The first-order valence-corrected chi connectivity index (χ1v) is 8.00. The van der Waals surface area contributed by atoms with E-state index in [1.165, 1.54) is 12.8 Å². The minimum atomic E-state index is 0.323. The highest BCUT2D eigenvalue weighted by Crippen LogP contribution is 2.67. The first kappa shape index (κ1) is 13.3. The van der Waals surface area contributed by atoms with Crippen LogP contribution in [0, 0.1) is 16.7 Å². The smallest absolute Gasteiger partial charge is 0.0625 e.